The van der Waals surface area contributed by atoms with Crippen molar-refractivity contribution >= 4 is 5.97 Å². The van der Waals surface area contributed by atoms with E-state index < -0.39 is 5.97 Å². The van der Waals surface area contributed by atoms with Gasteiger partial charge in [-0.2, -0.15) is 0 Å². The number of rotatable bonds is 11. The van der Waals surface area contributed by atoms with Crippen molar-refractivity contribution in [2.75, 3.05) is 26.3 Å². The molecule has 0 aromatic carbocycles. The third kappa shape index (κ3) is 24.5. The lowest BCUT2D eigenvalue weighted by Gasteiger charge is -1.97. The normalized spacial score (nSPS) is 9.72. The van der Waals surface area contributed by atoms with Crippen molar-refractivity contribution in [1.29, 1.82) is 0 Å². The summed E-state index contributed by atoms with van der Waals surface area (Å²) in [4.78, 5) is 10.1. The van der Waals surface area contributed by atoms with Crippen LogP contribution in [0.2, 0.25) is 0 Å². The highest BCUT2D eigenvalue weighted by molar-refractivity contribution is 5.66. The summed E-state index contributed by atoms with van der Waals surface area (Å²) in [5.41, 5.74) is 0. The maximum atomic E-state index is 10.1. The Labute approximate surface area is 110 Å². The van der Waals surface area contributed by atoms with Gasteiger partial charge in [-0.25, -0.2) is 0 Å². The summed E-state index contributed by atoms with van der Waals surface area (Å²) in [7, 11) is 0. The Bertz CT molecular complexity index is 161. The smallest absolute Gasteiger partial charge is 0.303 e. The van der Waals surface area contributed by atoms with Crippen molar-refractivity contribution in [1.82, 2.24) is 5.32 Å². The predicted octanol–water partition coefficient (Wildman–Crippen LogP) is 1.38. The Morgan fingerprint density at radius 1 is 0.944 bits per heavy atom. The van der Waals surface area contributed by atoms with Gasteiger partial charge in [-0.3, -0.25) is 4.79 Å². The monoisotopic (exact) mass is 263 g/mol. The quantitative estimate of drug-likeness (QED) is 0.423. The molecule has 0 rings (SSSR count). The van der Waals surface area contributed by atoms with E-state index in [1.807, 2.05) is 0 Å². The third-order valence-corrected chi connectivity index (χ3v) is 2.32. The molecule has 5 heteroatoms. The molecular weight excluding hydrogens is 234 g/mol. The molecule has 0 amide bonds. The summed E-state index contributed by atoms with van der Waals surface area (Å²) < 4.78 is 0. The van der Waals surface area contributed by atoms with Gasteiger partial charge < -0.3 is 20.6 Å². The van der Waals surface area contributed by atoms with E-state index in [9.17, 15) is 4.79 Å². The number of carboxylic acid groups (broad SMARTS) is 1. The molecule has 0 aliphatic heterocycles. The van der Waals surface area contributed by atoms with E-state index in [1.54, 1.807) is 0 Å². The van der Waals surface area contributed by atoms with Crippen LogP contribution in [-0.4, -0.2) is 47.6 Å². The zero-order chi connectivity index (χ0) is 14.1. The molecule has 18 heavy (non-hydrogen) atoms. The molecule has 4 N–H and O–H groups in total. The zero-order valence-electron chi connectivity index (χ0n) is 11.5. The maximum absolute atomic E-state index is 10.1. The number of aliphatic hydroxyl groups is 2. The van der Waals surface area contributed by atoms with Crippen LogP contribution in [-0.2, 0) is 4.79 Å². The lowest BCUT2D eigenvalue weighted by molar-refractivity contribution is -0.137. The molecule has 110 valence electrons. The largest absolute Gasteiger partial charge is 0.481 e. The van der Waals surface area contributed by atoms with Crippen LogP contribution in [0.3, 0.4) is 0 Å². The number of hydrogen-bond acceptors (Lipinski definition) is 4. The van der Waals surface area contributed by atoms with Gasteiger partial charge in [-0.1, -0.05) is 39.0 Å². The Morgan fingerprint density at radius 3 is 1.89 bits per heavy atom. The maximum Gasteiger partial charge on any atom is 0.303 e. The molecule has 0 bridgehead atoms. The number of nitrogens with one attached hydrogen (secondary N) is 1. The Kier molecular flexibility index (Phi) is 20.5. The summed E-state index contributed by atoms with van der Waals surface area (Å²) in [5.74, 6) is -0.666. The van der Waals surface area contributed by atoms with Crippen LogP contribution >= 0.6 is 0 Å². The second kappa shape index (κ2) is 18.7. The highest BCUT2D eigenvalue weighted by Gasteiger charge is 1.95. The molecule has 0 aliphatic rings. The van der Waals surface area contributed by atoms with Crippen molar-refractivity contribution in [3.63, 3.8) is 0 Å². The van der Waals surface area contributed by atoms with Gasteiger partial charge in [0.05, 0.1) is 13.2 Å². The first-order chi connectivity index (χ1) is 8.68. The lowest BCUT2D eigenvalue weighted by Crippen LogP contribution is -2.21. The van der Waals surface area contributed by atoms with E-state index in [4.69, 9.17) is 15.3 Å². The van der Waals surface area contributed by atoms with Gasteiger partial charge in [-0.05, 0) is 6.42 Å². The first-order valence-corrected chi connectivity index (χ1v) is 6.83. The molecule has 0 unspecified atom stereocenters. The molecule has 0 fully saturated rings. The van der Waals surface area contributed by atoms with E-state index in [2.05, 4.69) is 12.2 Å². The second-order valence-corrected chi connectivity index (χ2v) is 4.11. The van der Waals surface area contributed by atoms with Crippen molar-refractivity contribution in [2.24, 2.45) is 0 Å². The molecule has 0 spiro atoms. The molecule has 0 radical (unpaired) electrons. The SMILES string of the molecule is CCCCCCCCC(=O)O.OCCNCCO. The van der Waals surface area contributed by atoms with Gasteiger partial charge in [0.1, 0.15) is 0 Å². The van der Waals surface area contributed by atoms with Crippen molar-refractivity contribution < 1.29 is 20.1 Å². The summed E-state index contributed by atoms with van der Waals surface area (Å²) in [6, 6.07) is 0. The van der Waals surface area contributed by atoms with Crippen molar-refractivity contribution in [3.05, 3.63) is 0 Å². The third-order valence-electron chi connectivity index (χ3n) is 2.32. The highest BCUT2D eigenvalue weighted by Crippen LogP contribution is 2.06. The van der Waals surface area contributed by atoms with Crippen LogP contribution in [0.1, 0.15) is 51.9 Å². The number of carboxylic acids is 1. The average molecular weight is 263 g/mol. The minimum absolute atomic E-state index is 0.139. The van der Waals surface area contributed by atoms with Crippen LogP contribution in [0.5, 0.6) is 0 Å². The van der Waals surface area contributed by atoms with E-state index in [0.29, 0.717) is 19.5 Å². The number of carbonyl (C=O) groups is 1. The van der Waals surface area contributed by atoms with E-state index in [-0.39, 0.29) is 13.2 Å². The molecule has 0 aromatic heterocycles. The molecular formula is C13H29NO4. The molecule has 5 nitrogen and oxygen atoms in total. The van der Waals surface area contributed by atoms with Gasteiger partial charge in [-0.15, -0.1) is 0 Å². The highest BCUT2D eigenvalue weighted by atomic mass is 16.4. The van der Waals surface area contributed by atoms with Crippen LogP contribution in [0.15, 0.2) is 0 Å². The van der Waals surface area contributed by atoms with Crippen molar-refractivity contribution in [3.8, 4) is 0 Å². The van der Waals surface area contributed by atoms with Gasteiger partial charge in [0.15, 0.2) is 0 Å². The van der Waals surface area contributed by atoms with Gasteiger partial charge >= 0.3 is 5.97 Å². The molecule has 0 saturated heterocycles. The standard InChI is InChI=1S/C9H18O2.C4H11NO2/c1-2-3-4-5-6-7-8-9(10)11;6-3-1-5-2-4-7/h2-8H2,1H3,(H,10,11);5-7H,1-4H2. The summed E-state index contributed by atoms with van der Waals surface area (Å²) in [6.45, 7) is 3.60. The van der Waals surface area contributed by atoms with Crippen LogP contribution in [0, 0.1) is 0 Å². The minimum atomic E-state index is -0.666. The van der Waals surface area contributed by atoms with Gasteiger partial charge in [0.25, 0.3) is 0 Å². The van der Waals surface area contributed by atoms with Crippen LogP contribution in [0.4, 0.5) is 0 Å². The average Bonchev–Trinajstić information content (AvgIpc) is 2.35. The van der Waals surface area contributed by atoms with Gasteiger partial charge in [0, 0.05) is 19.5 Å². The van der Waals surface area contributed by atoms with E-state index >= 15 is 0 Å². The molecule has 0 saturated carbocycles. The molecule has 0 atom stereocenters. The fourth-order valence-corrected chi connectivity index (χ4v) is 1.34. The lowest BCUT2D eigenvalue weighted by atomic mass is 10.1. The summed E-state index contributed by atoms with van der Waals surface area (Å²) in [6.07, 6.45) is 7.25. The molecule has 0 aliphatic carbocycles. The van der Waals surface area contributed by atoms with Crippen LogP contribution in [0.25, 0.3) is 0 Å². The molecule has 0 heterocycles. The second-order valence-electron chi connectivity index (χ2n) is 4.11. The predicted molar refractivity (Wildman–Crippen MR) is 72.7 cm³/mol. The summed E-state index contributed by atoms with van der Waals surface area (Å²) >= 11 is 0. The van der Waals surface area contributed by atoms with Crippen LogP contribution < -0.4 is 5.32 Å². The first kappa shape index (κ1) is 19.7. The van der Waals surface area contributed by atoms with E-state index in [1.165, 1.54) is 25.7 Å². The minimum Gasteiger partial charge on any atom is -0.481 e. The number of aliphatic hydroxyl groups excluding tert-OH is 2. The van der Waals surface area contributed by atoms with E-state index in [0.717, 1.165) is 12.8 Å². The first-order valence-electron chi connectivity index (χ1n) is 6.83. The topological polar surface area (TPSA) is 89.8 Å². The Morgan fingerprint density at radius 2 is 1.44 bits per heavy atom. The fraction of sp³-hybridized carbons (Fsp3) is 0.923. The number of hydrogen-bond donors (Lipinski definition) is 4. The zero-order valence-corrected chi connectivity index (χ0v) is 11.5. The van der Waals surface area contributed by atoms with Crippen molar-refractivity contribution in [2.45, 2.75) is 51.9 Å². The Balaban J connectivity index is 0. The summed E-state index contributed by atoms with van der Waals surface area (Å²) in [5, 5.41) is 27.4. The Hall–Kier alpha value is -0.650. The number of unbranched alkanes of at least 4 members (excludes halogenated alkanes) is 5. The molecule has 0 aromatic rings. The fourth-order valence-electron chi connectivity index (χ4n) is 1.34. The number of aliphatic carboxylic acids is 1. The van der Waals surface area contributed by atoms with Gasteiger partial charge in [0.2, 0.25) is 0 Å².